The fourth-order valence-electron chi connectivity index (χ4n) is 3.56. The van der Waals surface area contributed by atoms with Crippen molar-refractivity contribution in [2.75, 3.05) is 5.32 Å². The van der Waals surface area contributed by atoms with Crippen LogP contribution in [-0.4, -0.2) is 34.9 Å². The monoisotopic (exact) mass is 490 g/mol. The number of amides is 1. The number of hydrogen-bond donors (Lipinski definition) is 1. The molecule has 9 heteroatoms. The van der Waals surface area contributed by atoms with Gasteiger partial charge in [-0.2, -0.15) is 4.31 Å². The molecule has 0 fully saturated rings. The van der Waals surface area contributed by atoms with E-state index in [1.807, 2.05) is 75.4 Å². The van der Waals surface area contributed by atoms with Gasteiger partial charge in [0.1, 0.15) is 0 Å². The lowest BCUT2D eigenvalue weighted by atomic mass is 10.1. The average Bonchev–Trinajstić information content (AvgIpc) is 3.31. The van der Waals surface area contributed by atoms with Crippen LogP contribution in [-0.2, 0) is 16.6 Å². The molecule has 0 atom stereocenters. The zero-order chi connectivity index (χ0) is 25.0. The summed E-state index contributed by atoms with van der Waals surface area (Å²) in [5.74, 6) is -0.198. The number of hydrogen-bond acceptors (Lipinski definition) is 6. The van der Waals surface area contributed by atoms with E-state index in [0.717, 1.165) is 16.7 Å². The summed E-state index contributed by atoms with van der Waals surface area (Å²) in [4.78, 5) is 12.8. The van der Waals surface area contributed by atoms with E-state index < -0.39 is 15.9 Å². The van der Waals surface area contributed by atoms with Crippen molar-refractivity contribution in [3.63, 3.8) is 0 Å². The Kier molecular flexibility index (Phi) is 7.09. The molecule has 4 rings (SSSR count). The number of carbonyl (C=O) groups excluding carboxylic acids is 1. The Morgan fingerprint density at radius 1 is 0.971 bits per heavy atom. The second-order valence-corrected chi connectivity index (χ2v) is 10.3. The summed E-state index contributed by atoms with van der Waals surface area (Å²) in [6.45, 7) is 5.87. The Labute approximate surface area is 204 Å². The first-order valence-electron chi connectivity index (χ1n) is 11.1. The average molecular weight is 491 g/mol. The molecule has 0 saturated carbocycles. The van der Waals surface area contributed by atoms with Crippen LogP contribution >= 0.6 is 0 Å². The highest BCUT2D eigenvalue weighted by atomic mass is 32.2. The van der Waals surface area contributed by atoms with E-state index in [0.29, 0.717) is 0 Å². The Bertz CT molecular complexity index is 1420. The lowest BCUT2D eigenvalue weighted by Crippen LogP contribution is -2.36. The zero-order valence-electron chi connectivity index (χ0n) is 19.7. The molecule has 1 N–H and O–H groups in total. The molecule has 0 bridgehead atoms. The lowest BCUT2D eigenvalue weighted by molar-refractivity contribution is 0.102. The second-order valence-electron chi connectivity index (χ2n) is 8.39. The van der Waals surface area contributed by atoms with Gasteiger partial charge in [0.2, 0.25) is 15.9 Å². The predicted molar refractivity (Wildman–Crippen MR) is 133 cm³/mol. The fraction of sp³-hybridized carbons (Fsp3) is 0.192. The van der Waals surface area contributed by atoms with Crippen molar-refractivity contribution in [1.29, 1.82) is 0 Å². The highest BCUT2D eigenvalue weighted by molar-refractivity contribution is 7.89. The van der Waals surface area contributed by atoms with Crippen molar-refractivity contribution in [1.82, 2.24) is 14.5 Å². The normalized spacial score (nSPS) is 11.7. The van der Waals surface area contributed by atoms with E-state index in [9.17, 15) is 13.2 Å². The summed E-state index contributed by atoms with van der Waals surface area (Å²) < 4.78 is 33.6. The fourth-order valence-corrected chi connectivity index (χ4v) is 5.18. The zero-order valence-corrected chi connectivity index (χ0v) is 20.5. The number of aromatic nitrogens is 2. The molecule has 3 aromatic carbocycles. The molecule has 1 aromatic heterocycles. The summed E-state index contributed by atoms with van der Waals surface area (Å²) in [6.07, 6.45) is 0. The first-order chi connectivity index (χ1) is 16.7. The molecule has 0 radical (unpaired) electrons. The van der Waals surface area contributed by atoms with Crippen LogP contribution in [0.1, 0.15) is 35.3 Å². The van der Waals surface area contributed by atoms with E-state index in [4.69, 9.17) is 4.42 Å². The summed E-state index contributed by atoms with van der Waals surface area (Å²) in [7, 11) is -3.77. The van der Waals surface area contributed by atoms with Crippen LogP contribution < -0.4 is 5.32 Å². The molecule has 35 heavy (non-hydrogen) atoms. The number of nitrogens with zero attached hydrogens (tertiary/aromatic N) is 3. The van der Waals surface area contributed by atoms with Crippen molar-refractivity contribution in [3.8, 4) is 11.5 Å². The third-order valence-corrected chi connectivity index (χ3v) is 7.43. The Morgan fingerprint density at radius 3 is 2.34 bits per heavy atom. The van der Waals surface area contributed by atoms with E-state index in [2.05, 4.69) is 15.5 Å². The van der Waals surface area contributed by atoms with E-state index in [-0.39, 0.29) is 35.0 Å². The number of carbonyl (C=O) groups is 1. The van der Waals surface area contributed by atoms with Gasteiger partial charge >= 0.3 is 6.01 Å². The van der Waals surface area contributed by atoms with Crippen LogP contribution in [0.4, 0.5) is 6.01 Å². The third-order valence-electron chi connectivity index (χ3n) is 5.39. The topological polar surface area (TPSA) is 105 Å². The first kappa shape index (κ1) is 24.3. The molecule has 4 aromatic rings. The van der Waals surface area contributed by atoms with Crippen LogP contribution in [0.5, 0.6) is 0 Å². The van der Waals surface area contributed by atoms with Crippen LogP contribution in [0.25, 0.3) is 11.5 Å². The minimum Gasteiger partial charge on any atom is -0.403 e. The maximum Gasteiger partial charge on any atom is 0.322 e. The summed E-state index contributed by atoms with van der Waals surface area (Å²) >= 11 is 0. The van der Waals surface area contributed by atoms with E-state index in [1.54, 1.807) is 0 Å². The molecule has 0 aliphatic heterocycles. The van der Waals surface area contributed by atoms with Crippen molar-refractivity contribution >= 4 is 21.9 Å². The summed E-state index contributed by atoms with van der Waals surface area (Å²) in [5.41, 5.74) is 2.95. The molecule has 1 heterocycles. The molecule has 1 amide bonds. The predicted octanol–water partition coefficient (Wildman–Crippen LogP) is 4.90. The Hall–Kier alpha value is -3.82. The SMILES string of the molecule is Cc1cccc(-c2nnc(NC(=O)c3ccc(S(=O)(=O)N(Cc4ccccc4)C(C)C)cc3)o2)c1. The van der Waals surface area contributed by atoms with Gasteiger partial charge in [-0.25, -0.2) is 8.42 Å². The van der Waals surface area contributed by atoms with Crippen LogP contribution in [0.2, 0.25) is 0 Å². The van der Waals surface area contributed by atoms with Crippen LogP contribution in [0.3, 0.4) is 0 Å². The molecule has 0 unspecified atom stereocenters. The molecule has 0 aliphatic rings. The Balaban J connectivity index is 1.48. The van der Waals surface area contributed by atoms with Crippen LogP contribution in [0.15, 0.2) is 88.2 Å². The van der Waals surface area contributed by atoms with Gasteiger partial charge < -0.3 is 4.42 Å². The van der Waals surface area contributed by atoms with Gasteiger partial charge in [-0.15, -0.1) is 5.10 Å². The number of anilines is 1. The number of nitrogens with one attached hydrogen (secondary N) is 1. The second kappa shape index (κ2) is 10.2. The number of rotatable bonds is 8. The maximum atomic E-state index is 13.3. The molecular formula is C26H26N4O4S. The molecule has 0 aliphatic carbocycles. The number of aryl methyl sites for hydroxylation is 1. The minimum atomic E-state index is -3.77. The van der Waals surface area contributed by atoms with Gasteiger partial charge in [-0.3, -0.25) is 10.1 Å². The van der Waals surface area contributed by atoms with E-state index in [1.165, 1.54) is 28.6 Å². The molecule has 0 spiro atoms. The van der Waals surface area contributed by atoms with Gasteiger partial charge in [0, 0.05) is 23.7 Å². The molecular weight excluding hydrogens is 464 g/mol. The van der Waals surface area contributed by atoms with Gasteiger partial charge in [-0.05, 0) is 62.7 Å². The van der Waals surface area contributed by atoms with Crippen molar-refractivity contribution in [2.24, 2.45) is 0 Å². The van der Waals surface area contributed by atoms with E-state index >= 15 is 0 Å². The van der Waals surface area contributed by atoms with Crippen LogP contribution in [0, 0.1) is 6.92 Å². The standard InChI is InChI=1S/C26H26N4O4S/c1-18(2)30(17-20-9-5-4-6-10-20)35(32,33)23-14-12-21(13-15-23)24(31)27-26-29-28-25(34-26)22-11-7-8-19(3)16-22/h4-16,18H,17H2,1-3H3,(H,27,29,31). The quantitative estimate of drug-likeness (QED) is 0.377. The largest absolute Gasteiger partial charge is 0.403 e. The first-order valence-corrected chi connectivity index (χ1v) is 12.6. The minimum absolute atomic E-state index is 0.0444. The third kappa shape index (κ3) is 5.64. The molecule has 8 nitrogen and oxygen atoms in total. The smallest absolute Gasteiger partial charge is 0.322 e. The van der Waals surface area contributed by atoms with Gasteiger partial charge in [0.05, 0.1) is 4.90 Å². The summed E-state index contributed by atoms with van der Waals surface area (Å²) in [6, 6.07) is 22.5. The van der Waals surface area contributed by atoms with Gasteiger partial charge in [-0.1, -0.05) is 53.1 Å². The highest BCUT2D eigenvalue weighted by Crippen LogP contribution is 2.23. The molecule has 0 saturated heterocycles. The van der Waals surface area contributed by atoms with Gasteiger partial charge in [0.15, 0.2) is 0 Å². The lowest BCUT2D eigenvalue weighted by Gasteiger charge is -2.26. The van der Waals surface area contributed by atoms with Crippen molar-refractivity contribution in [3.05, 3.63) is 95.6 Å². The summed E-state index contributed by atoms with van der Waals surface area (Å²) in [5, 5.41) is 10.4. The van der Waals surface area contributed by atoms with Gasteiger partial charge in [0.25, 0.3) is 5.91 Å². The Morgan fingerprint density at radius 2 is 1.69 bits per heavy atom. The number of benzene rings is 3. The molecule has 180 valence electrons. The van der Waals surface area contributed by atoms with Crippen molar-refractivity contribution in [2.45, 2.75) is 38.3 Å². The highest BCUT2D eigenvalue weighted by Gasteiger charge is 2.27. The maximum absolute atomic E-state index is 13.3. The van der Waals surface area contributed by atoms with Crippen molar-refractivity contribution < 1.29 is 17.6 Å². The number of sulfonamides is 1.